The molecule has 0 radical (unpaired) electrons. The number of aromatic nitrogens is 2. The number of aryl methyl sites for hydroxylation is 1. The number of nitro groups is 1. The highest BCUT2D eigenvalue weighted by molar-refractivity contribution is 5.62. The smallest absolute Gasteiger partial charge is 0.269 e. The number of fused-ring (bicyclic) bond motifs is 1. The molecule has 0 atom stereocenters. The second-order valence-electron chi connectivity index (χ2n) is 5.01. The lowest BCUT2D eigenvalue weighted by atomic mass is 10.1. The van der Waals surface area contributed by atoms with E-state index in [-0.39, 0.29) is 5.69 Å². The average molecular weight is 284 g/mol. The van der Waals surface area contributed by atoms with Crippen LogP contribution < -0.4 is 5.32 Å². The van der Waals surface area contributed by atoms with Gasteiger partial charge in [0.15, 0.2) is 5.82 Å². The second-order valence-corrected chi connectivity index (χ2v) is 5.01. The number of hydrogen-bond donors (Lipinski definition) is 1. The molecule has 108 valence electrons. The Labute approximate surface area is 122 Å². The number of benzene rings is 1. The van der Waals surface area contributed by atoms with E-state index < -0.39 is 4.92 Å². The van der Waals surface area contributed by atoms with Crippen LogP contribution in [0.2, 0.25) is 0 Å². The zero-order chi connectivity index (χ0) is 14.8. The molecule has 0 aliphatic heterocycles. The quantitative estimate of drug-likeness (QED) is 0.689. The van der Waals surface area contributed by atoms with Crippen LogP contribution in [0.25, 0.3) is 11.4 Å². The number of nitrogens with one attached hydrogen (secondary N) is 1. The van der Waals surface area contributed by atoms with E-state index in [0.29, 0.717) is 5.82 Å². The lowest BCUT2D eigenvalue weighted by Gasteiger charge is -2.11. The van der Waals surface area contributed by atoms with Crippen molar-refractivity contribution >= 4 is 11.5 Å². The van der Waals surface area contributed by atoms with E-state index in [0.717, 1.165) is 42.9 Å². The third kappa shape index (κ3) is 2.56. The van der Waals surface area contributed by atoms with Gasteiger partial charge in [-0.15, -0.1) is 0 Å². The number of anilines is 1. The molecule has 1 heterocycles. The van der Waals surface area contributed by atoms with E-state index in [4.69, 9.17) is 0 Å². The summed E-state index contributed by atoms with van der Waals surface area (Å²) in [5.74, 6) is 1.52. The van der Waals surface area contributed by atoms with Gasteiger partial charge in [0.1, 0.15) is 5.82 Å². The van der Waals surface area contributed by atoms with Crippen molar-refractivity contribution < 1.29 is 4.92 Å². The fraction of sp³-hybridized carbons (Fsp3) is 0.333. The van der Waals surface area contributed by atoms with Gasteiger partial charge in [-0.1, -0.05) is 0 Å². The summed E-state index contributed by atoms with van der Waals surface area (Å²) < 4.78 is 0. The van der Waals surface area contributed by atoms with E-state index in [1.807, 2.05) is 6.92 Å². The zero-order valence-electron chi connectivity index (χ0n) is 11.8. The molecule has 0 unspecified atom stereocenters. The summed E-state index contributed by atoms with van der Waals surface area (Å²) in [6, 6.07) is 6.37. The molecule has 6 nitrogen and oxygen atoms in total. The molecule has 1 N–H and O–H groups in total. The van der Waals surface area contributed by atoms with Crippen LogP contribution in [0.15, 0.2) is 24.3 Å². The van der Waals surface area contributed by atoms with Gasteiger partial charge in [-0.05, 0) is 38.3 Å². The Hall–Kier alpha value is -2.50. The fourth-order valence-corrected chi connectivity index (χ4v) is 2.61. The molecule has 21 heavy (non-hydrogen) atoms. The Kier molecular flexibility index (Phi) is 3.51. The maximum absolute atomic E-state index is 10.7. The highest BCUT2D eigenvalue weighted by atomic mass is 16.6. The average Bonchev–Trinajstić information content (AvgIpc) is 2.96. The predicted molar refractivity (Wildman–Crippen MR) is 80.3 cm³/mol. The molecule has 1 aliphatic rings. The maximum atomic E-state index is 10.7. The minimum absolute atomic E-state index is 0.0758. The SMILES string of the molecule is CCNc1nc(-c2ccc([N+](=O)[O-])cc2)nc2c1CCC2. The van der Waals surface area contributed by atoms with Crippen LogP contribution in [-0.4, -0.2) is 21.4 Å². The summed E-state index contributed by atoms with van der Waals surface area (Å²) in [6.07, 6.45) is 3.08. The molecule has 2 aromatic rings. The number of nitrogens with zero attached hydrogens (tertiary/aromatic N) is 3. The van der Waals surface area contributed by atoms with Crippen molar-refractivity contribution in [1.82, 2.24) is 9.97 Å². The van der Waals surface area contributed by atoms with Gasteiger partial charge < -0.3 is 5.32 Å². The fourth-order valence-electron chi connectivity index (χ4n) is 2.61. The number of hydrogen-bond acceptors (Lipinski definition) is 5. The molecule has 3 rings (SSSR count). The van der Waals surface area contributed by atoms with Gasteiger partial charge >= 0.3 is 0 Å². The van der Waals surface area contributed by atoms with Crippen LogP contribution in [0.3, 0.4) is 0 Å². The van der Waals surface area contributed by atoms with Crippen molar-refractivity contribution in [3.05, 3.63) is 45.6 Å². The van der Waals surface area contributed by atoms with Gasteiger partial charge in [-0.3, -0.25) is 10.1 Å². The summed E-state index contributed by atoms with van der Waals surface area (Å²) in [4.78, 5) is 19.5. The second kappa shape index (κ2) is 5.47. The summed E-state index contributed by atoms with van der Waals surface area (Å²) in [5, 5.41) is 14.0. The Morgan fingerprint density at radius 1 is 1.24 bits per heavy atom. The zero-order valence-corrected chi connectivity index (χ0v) is 11.8. The highest BCUT2D eigenvalue weighted by Crippen LogP contribution is 2.29. The summed E-state index contributed by atoms with van der Waals surface area (Å²) in [7, 11) is 0. The lowest BCUT2D eigenvalue weighted by molar-refractivity contribution is -0.384. The number of rotatable bonds is 4. The van der Waals surface area contributed by atoms with Crippen molar-refractivity contribution in [2.45, 2.75) is 26.2 Å². The standard InChI is InChI=1S/C15H16N4O2/c1-2-16-15-12-4-3-5-13(12)17-14(18-15)10-6-8-11(9-7-10)19(20)21/h6-9H,2-5H2,1H3,(H,16,17,18). The number of nitro benzene ring substituents is 1. The first-order valence-electron chi connectivity index (χ1n) is 7.07. The normalized spacial score (nSPS) is 13.0. The van der Waals surface area contributed by atoms with Crippen molar-refractivity contribution in [3.8, 4) is 11.4 Å². The minimum atomic E-state index is -0.405. The van der Waals surface area contributed by atoms with Gasteiger partial charge in [0.25, 0.3) is 5.69 Å². The molecule has 0 fully saturated rings. The maximum Gasteiger partial charge on any atom is 0.269 e. The van der Waals surface area contributed by atoms with E-state index in [2.05, 4.69) is 15.3 Å². The van der Waals surface area contributed by atoms with E-state index in [1.54, 1.807) is 12.1 Å². The van der Waals surface area contributed by atoms with Crippen molar-refractivity contribution in [3.63, 3.8) is 0 Å². The topological polar surface area (TPSA) is 81.0 Å². The summed E-state index contributed by atoms with van der Waals surface area (Å²) >= 11 is 0. The van der Waals surface area contributed by atoms with E-state index in [9.17, 15) is 10.1 Å². The van der Waals surface area contributed by atoms with Crippen LogP contribution in [0.4, 0.5) is 11.5 Å². The van der Waals surface area contributed by atoms with Gasteiger partial charge in [0.05, 0.1) is 4.92 Å². The largest absolute Gasteiger partial charge is 0.370 e. The summed E-state index contributed by atoms with van der Waals surface area (Å²) in [5.41, 5.74) is 3.18. The Bertz CT molecular complexity index is 683. The van der Waals surface area contributed by atoms with Crippen LogP contribution in [0, 0.1) is 10.1 Å². The molecule has 0 saturated heterocycles. The van der Waals surface area contributed by atoms with Crippen LogP contribution >= 0.6 is 0 Å². The molecule has 0 spiro atoms. The third-order valence-electron chi connectivity index (χ3n) is 3.61. The molecule has 6 heteroatoms. The van der Waals surface area contributed by atoms with Gasteiger partial charge in [0, 0.05) is 35.5 Å². The van der Waals surface area contributed by atoms with E-state index in [1.165, 1.54) is 17.7 Å². The Morgan fingerprint density at radius 3 is 2.67 bits per heavy atom. The predicted octanol–water partition coefficient (Wildman–Crippen LogP) is 2.97. The lowest BCUT2D eigenvalue weighted by Crippen LogP contribution is -2.06. The Morgan fingerprint density at radius 2 is 2.00 bits per heavy atom. The molecular formula is C15H16N4O2. The third-order valence-corrected chi connectivity index (χ3v) is 3.61. The van der Waals surface area contributed by atoms with Crippen LogP contribution in [0.1, 0.15) is 24.6 Å². The molecule has 1 aliphatic carbocycles. The molecule has 1 aromatic carbocycles. The highest BCUT2D eigenvalue weighted by Gasteiger charge is 2.19. The van der Waals surface area contributed by atoms with Gasteiger partial charge in [-0.25, -0.2) is 9.97 Å². The van der Waals surface area contributed by atoms with Crippen LogP contribution in [-0.2, 0) is 12.8 Å². The van der Waals surface area contributed by atoms with Crippen molar-refractivity contribution in [2.75, 3.05) is 11.9 Å². The minimum Gasteiger partial charge on any atom is -0.370 e. The van der Waals surface area contributed by atoms with Gasteiger partial charge in [-0.2, -0.15) is 0 Å². The van der Waals surface area contributed by atoms with E-state index >= 15 is 0 Å². The first kappa shape index (κ1) is 13.5. The number of non-ortho nitro benzene ring substituents is 1. The molecule has 0 bridgehead atoms. The molecule has 0 amide bonds. The van der Waals surface area contributed by atoms with Crippen LogP contribution in [0.5, 0.6) is 0 Å². The summed E-state index contributed by atoms with van der Waals surface area (Å²) in [6.45, 7) is 2.85. The van der Waals surface area contributed by atoms with Gasteiger partial charge in [0.2, 0.25) is 0 Å². The molecule has 1 aromatic heterocycles. The van der Waals surface area contributed by atoms with Crippen molar-refractivity contribution in [1.29, 1.82) is 0 Å². The first-order chi connectivity index (χ1) is 10.2. The Balaban J connectivity index is 2.02. The molecule has 0 saturated carbocycles. The molecular weight excluding hydrogens is 268 g/mol. The first-order valence-corrected chi connectivity index (χ1v) is 7.07. The van der Waals surface area contributed by atoms with Crippen molar-refractivity contribution in [2.24, 2.45) is 0 Å². The monoisotopic (exact) mass is 284 g/mol.